The predicted molar refractivity (Wildman–Crippen MR) is 47.9 cm³/mol. The van der Waals surface area contributed by atoms with Crippen molar-refractivity contribution >= 4 is 0 Å². The fraction of sp³-hybridized carbons (Fsp3) is 0.333. The van der Waals surface area contributed by atoms with Gasteiger partial charge >= 0.3 is 6.36 Å². The van der Waals surface area contributed by atoms with E-state index in [1.54, 1.807) is 11.1 Å². The molecule has 0 spiro atoms. The fourth-order valence-electron chi connectivity index (χ4n) is 1.21. The van der Waals surface area contributed by atoms with Gasteiger partial charge in [0.15, 0.2) is 0 Å². The maximum absolute atomic E-state index is 12.5. The van der Waals surface area contributed by atoms with Crippen LogP contribution in [0.3, 0.4) is 0 Å². The lowest BCUT2D eigenvalue weighted by atomic mass is 10.1. The van der Waals surface area contributed by atoms with Gasteiger partial charge in [-0.25, -0.2) is 4.39 Å². The number of ether oxygens (including phenoxy) is 1. The van der Waals surface area contributed by atoms with E-state index >= 15 is 0 Å². The normalized spacial score (nSPS) is 11.0. The van der Waals surface area contributed by atoms with E-state index in [4.69, 9.17) is 5.26 Å². The molecule has 1 heterocycles. The Labute approximate surface area is 92.4 Å². The molecule has 4 nitrogen and oxygen atoms in total. The van der Waals surface area contributed by atoms with Crippen LogP contribution in [0.25, 0.3) is 0 Å². The van der Waals surface area contributed by atoms with Crippen LogP contribution in [0.2, 0.25) is 0 Å². The Morgan fingerprint density at radius 3 is 2.59 bits per heavy atom. The van der Waals surface area contributed by atoms with Crippen LogP contribution in [0.1, 0.15) is 11.1 Å². The summed E-state index contributed by atoms with van der Waals surface area (Å²) in [5.41, 5.74) is -1.54. The molecule has 8 heteroatoms. The maximum Gasteiger partial charge on any atom is 0.574 e. The Kier molecular flexibility index (Phi) is 3.73. The minimum Gasteiger partial charge on any atom is -0.389 e. The molecule has 0 radical (unpaired) electrons. The first-order valence-corrected chi connectivity index (χ1v) is 4.31. The van der Waals surface area contributed by atoms with Crippen LogP contribution in [0.4, 0.5) is 17.6 Å². The number of nitrogens with one attached hydrogen (secondary N) is 1. The molecule has 17 heavy (non-hydrogen) atoms. The smallest absolute Gasteiger partial charge is 0.389 e. The van der Waals surface area contributed by atoms with Gasteiger partial charge in [0.25, 0.3) is 5.56 Å². The number of pyridine rings is 1. The van der Waals surface area contributed by atoms with E-state index in [0.29, 0.717) is 0 Å². The molecule has 0 aromatic carbocycles. The molecule has 0 saturated carbocycles. The largest absolute Gasteiger partial charge is 0.574 e. The maximum atomic E-state index is 12.5. The number of rotatable bonds is 3. The number of hydrogen-bond acceptors (Lipinski definition) is 3. The Bertz CT molecular complexity index is 501. The molecule has 0 bridgehead atoms. The minimum absolute atomic E-state index is 0.297. The van der Waals surface area contributed by atoms with Gasteiger partial charge in [0.2, 0.25) is 5.88 Å². The molecule has 0 aliphatic rings. The first kappa shape index (κ1) is 13.0. The number of halogens is 4. The first-order chi connectivity index (χ1) is 7.87. The molecule has 0 fully saturated rings. The van der Waals surface area contributed by atoms with Crippen LogP contribution < -0.4 is 10.3 Å². The zero-order chi connectivity index (χ0) is 13.1. The summed E-state index contributed by atoms with van der Waals surface area (Å²) in [4.78, 5) is 12.7. The lowest BCUT2D eigenvalue weighted by Crippen LogP contribution is -2.22. The number of aromatic amines is 1. The predicted octanol–water partition coefficient (Wildman–Crippen LogP) is 1.81. The van der Waals surface area contributed by atoms with Gasteiger partial charge in [-0.2, -0.15) is 5.26 Å². The van der Waals surface area contributed by atoms with Gasteiger partial charge in [0, 0.05) is 11.6 Å². The Morgan fingerprint density at radius 2 is 2.12 bits per heavy atom. The van der Waals surface area contributed by atoms with Crippen molar-refractivity contribution in [1.29, 1.82) is 5.26 Å². The van der Waals surface area contributed by atoms with Crippen LogP contribution in [-0.2, 0) is 13.1 Å². The Balaban J connectivity index is 3.31. The average Bonchev–Trinajstić information content (AvgIpc) is 2.19. The lowest BCUT2D eigenvalue weighted by molar-refractivity contribution is -0.276. The highest BCUT2D eigenvalue weighted by atomic mass is 19.4. The van der Waals surface area contributed by atoms with Gasteiger partial charge < -0.3 is 4.74 Å². The minimum atomic E-state index is -5.03. The molecule has 1 N–H and O–H groups in total. The summed E-state index contributed by atoms with van der Waals surface area (Å²) in [6.45, 7) is -1.16. The number of hydrogen-bond donors (Lipinski definition) is 1. The number of aromatic nitrogens is 1. The lowest BCUT2D eigenvalue weighted by Gasteiger charge is -2.13. The second-order valence-electron chi connectivity index (χ2n) is 2.98. The van der Waals surface area contributed by atoms with E-state index < -0.39 is 30.9 Å². The van der Waals surface area contributed by atoms with Crippen molar-refractivity contribution in [3.8, 4) is 11.9 Å². The average molecular weight is 250 g/mol. The van der Waals surface area contributed by atoms with Crippen molar-refractivity contribution in [2.24, 2.45) is 0 Å². The molecule has 1 aromatic heterocycles. The summed E-state index contributed by atoms with van der Waals surface area (Å²) >= 11 is 0. The highest BCUT2D eigenvalue weighted by Gasteiger charge is 2.33. The third-order valence-corrected chi connectivity index (χ3v) is 1.82. The van der Waals surface area contributed by atoms with Gasteiger partial charge in [0.05, 0.1) is 12.5 Å². The van der Waals surface area contributed by atoms with Gasteiger partial charge in [-0.3, -0.25) is 9.78 Å². The van der Waals surface area contributed by atoms with Crippen LogP contribution >= 0.6 is 0 Å². The summed E-state index contributed by atoms with van der Waals surface area (Å²) in [5.74, 6) is -0.945. The standard InChI is InChI=1S/C9H6F4N2O2/c10-4-5-3-7(16)15-8(6(5)1-2-14)17-9(11,12)13/h3H,1,4H2,(H,15,16). The summed E-state index contributed by atoms with van der Waals surface area (Å²) in [6.07, 6.45) is -5.52. The van der Waals surface area contributed by atoms with Crippen molar-refractivity contribution in [1.82, 2.24) is 4.98 Å². The Morgan fingerprint density at radius 1 is 1.47 bits per heavy atom. The molecular formula is C9H6F4N2O2. The van der Waals surface area contributed by atoms with E-state index in [1.165, 1.54) is 0 Å². The van der Waals surface area contributed by atoms with Crippen molar-refractivity contribution in [2.75, 3.05) is 0 Å². The van der Waals surface area contributed by atoms with E-state index in [2.05, 4.69) is 4.74 Å². The van der Waals surface area contributed by atoms with Gasteiger partial charge in [-0.05, 0) is 5.56 Å². The molecule has 92 valence electrons. The molecule has 1 rings (SSSR count). The monoisotopic (exact) mass is 250 g/mol. The molecule has 0 saturated heterocycles. The van der Waals surface area contributed by atoms with Crippen LogP contribution in [-0.4, -0.2) is 11.3 Å². The highest BCUT2D eigenvalue weighted by molar-refractivity contribution is 5.36. The van der Waals surface area contributed by atoms with E-state index in [9.17, 15) is 22.4 Å². The summed E-state index contributed by atoms with van der Waals surface area (Å²) in [5, 5.41) is 8.43. The number of H-pyrrole nitrogens is 1. The molecule has 1 aromatic rings. The first-order valence-electron chi connectivity index (χ1n) is 4.31. The van der Waals surface area contributed by atoms with Gasteiger partial charge in [-0.15, -0.1) is 13.2 Å². The van der Waals surface area contributed by atoms with E-state index in [1.807, 2.05) is 0 Å². The van der Waals surface area contributed by atoms with Crippen molar-refractivity contribution in [3.63, 3.8) is 0 Å². The quantitative estimate of drug-likeness (QED) is 0.832. The molecule has 0 aliphatic heterocycles. The third kappa shape index (κ3) is 3.48. The number of nitrogens with zero attached hydrogens (tertiary/aromatic N) is 1. The van der Waals surface area contributed by atoms with E-state index in [0.717, 1.165) is 6.07 Å². The van der Waals surface area contributed by atoms with Crippen LogP contribution in [0.15, 0.2) is 10.9 Å². The Hall–Kier alpha value is -2.04. The number of nitriles is 1. The second-order valence-corrected chi connectivity index (χ2v) is 2.98. The van der Waals surface area contributed by atoms with Crippen LogP contribution in [0.5, 0.6) is 5.88 Å². The van der Waals surface area contributed by atoms with Gasteiger partial charge in [-0.1, -0.05) is 0 Å². The van der Waals surface area contributed by atoms with Gasteiger partial charge in [0.1, 0.15) is 6.67 Å². The summed E-state index contributed by atoms with van der Waals surface area (Å²) < 4.78 is 52.1. The van der Waals surface area contributed by atoms with E-state index in [-0.39, 0.29) is 11.1 Å². The third-order valence-electron chi connectivity index (χ3n) is 1.82. The SMILES string of the molecule is N#CCc1c(CF)cc(=O)[nH]c1OC(F)(F)F. The molecule has 0 unspecified atom stereocenters. The van der Waals surface area contributed by atoms with Crippen LogP contribution in [0, 0.1) is 11.3 Å². The molecule has 0 atom stereocenters. The summed E-state index contributed by atoms with van der Waals surface area (Å²) in [6, 6.07) is 2.36. The van der Waals surface area contributed by atoms with Crippen molar-refractivity contribution < 1.29 is 22.3 Å². The molecule has 0 aliphatic carbocycles. The zero-order valence-electron chi connectivity index (χ0n) is 8.27. The topological polar surface area (TPSA) is 65.9 Å². The number of alkyl halides is 4. The van der Waals surface area contributed by atoms with Crippen molar-refractivity contribution in [2.45, 2.75) is 19.5 Å². The fourth-order valence-corrected chi connectivity index (χ4v) is 1.21. The second kappa shape index (κ2) is 4.86. The summed E-state index contributed by atoms with van der Waals surface area (Å²) in [7, 11) is 0. The zero-order valence-corrected chi connectivity index (χ0v) is 8.27. The molecular weight excluding hydrogens is 244 g/mol. The molecule has 0 amide bonds. The van der Waals surface area contributed by atoms with Crippen molar-refractivity contribution in [3.05, 3.63) is 27.5 Å². The highest BCUT2D eigenvalue weighted by Crippen LogP contribution is 2.26.